The smallest absolute Gasteiger partial charge is 0.142 e. The quantitative estimate of drug-likeness (QED) is 0.780. The van der Waals surface area contributed by atoms with Gasteiger partial charge in [0.05, 0.1) is 0 Å². The first-order chi connectivity index (χ1) is 8.88. The predicted molar refractivity (Wildman–Crippen MR) is 79.2 cm³/mol. The van der Waals surface area contributed by atoms with E-state index in [0.29, 0.717) is 11.7 Å². The van der Waals surface area contributed by atoms with E-state index in [-0.39, 0.29) is 5.41 Å². The molecule has 0 N–H and O–H groups in total. The van der Waals surface area contributed by atoms with Crippen LogP contribution in [0.2, 0.25) is 0 Å². The summed E-state index contributed by atoms with van der Waals surface area (Å²) in [6.07, 6.45) is 4.77. The first kappa shape index (κ1) is 15.0. The van der Waals surface area contributed by atoms with Crippen LogP contribution in [0.3, 0.4) is 0 Å². The minimum Gasteiger partial charge on any atom is -0.309 e. The molecule has 3 nitrogen and oxygen atoms in total. The van der Waals surface area contributed by atoms with Gasteiger partial charge in [-0.05, 0) is 58.8 Å². The molecule has 2 aliphatic rings. The standard InChI is InChI=1S/C16H30N2O/c1-16(2)8-5-14(15(16)19)12-18-9-6-13(7-10-18)11-17(3)4/h13-14H,5-12H2,1-4H3. The van der Waals surface area contributed by atoms with Crippen molar-refractivity contribution in [1.29, 1.82) is 0 Å². The van der Waals surface area contributed by atoms with E-state index in [1.807, 2.05) is 0 Å². The number of likely N-dealkylation sites (tertiary alicyclic amines) is 1. The van der Waals surface area contributed by atoms with E-state index in [4.69, 9.17) is 0 Å². The summed E-state index contributed by atoms with van der Waals surface area (Å²) in [5.74, 6) is 1.66. The molecule has 1 saturated heterocycles. The lowest BCUT2D eigenvalue weighted by molar-refractivity contribution is -0.128. The number of carbonyl (C=O) groups excluding carboxylic acids is 1. The van der Waals surface area contributed by atoms with E-state index in [1.54, 1.807) is 0 Å². The van der Waals surface area contributed by atoms with E-state index in [2.05, 4.69) is 37.7 Å². The zero-order valence-corrected chi connectivity index (χ0v) is 13.1. The van der Waals surface area contributed by atoms with Crippen LogP contribution in [0.4, 0.5) is 0 Å². The molecule has 1 aliphatic carbocycles. The number of hydrogen-bond acceptors (Lipinski definition) is 3. The minimum absolute atomic E-state index is 0.0616. The molecule has 0 amide bonds. The van der Waals surface area contributed by atoms with Crippen LogP contribution in [0.15, 0.2) is 0 Å². The zero-order chi connectivity index (χ0) is 14.0. The molecule has 110 valence electrons. The Kier molecular flexibility index (Phi) is 4.67. The van der Waals surface area contributed by atoms with Crippen molar-refractivity contribution in [2.24, 2.45) is 17.3 Å². The summed E-state index contributed by atoms with van der Waals surface area (Å²) in [7, 11) is 4.32. The number of hydrogen-bond donors (Lipinski definition) is 0. The molecule has 0 aromatic rings. The molecule has 1 unspecified atom stereocenters. The average Bonchev–Trinajstić information content (AvgIpc) is 2.58. The highest BCUT2D eigenvalue weighted by molar-refractivity contribution is 5.88. The molecule has 1 heterocycles. The summed E-state index contributed by atoms with van der Waals surface area (Å²) in [6, 6.07) is 0. The molecule has 0 radical (unpaired) electrons. The highest BCUT2D eigenvalue weighted by atomic mass is 16.1. The van der Waals surface area contributed by atoms with Gasteiger partial charge in [0.2, 0.25) is 0 Å². The van der Waals surface area contributed by atoms with E-state index in [0.717, 1.165) is 25.3 Å². The van der Waals surface area contributed by atoms with Gasteiger partial charge in [-0.15, -0.1) is 0 Å². The summed E-state index contributed by atoms with van der Waals surface area (Å²) in [4.78, 5) is 17.1. The highest BCUT2D eigenvalue weighted by Crippen LogP contribution is 2.38. The Morgan fingerprint density at radius 1 is 1.21 bits per heavy atom. The topological polar surface area (TPSA) is 23.6 Å². The fraction of sp³-hybridized carbons (Fsp3) is 0.938. The van der Waals surface area contributed by atoms with Crippen LogP contribution in [0.1, 0.15) is 39.5 Å². The van der Waals surface area contributed by atoms with Crippen LogP contribution >= 0.6 is 0 Å². The maximum Gasteiger partial charge on any atom is 0.142 e. The van der Waals surface area contributed by atoms with Gasteiger partial charge in [-0.25, -0.2) is 0 Å². The van der Waals surface area contributed by atoms with Gasteiger partial charge in [0, 0.05) is 24.4 Å². The van der Waals surface area contributed by atoms with Crippen molar-refractivity contribution in [3.05, 3.63) is 0 Å². The SMILES string of the molecule is CN(C)CC1CCN(CC2CCC(C)(C)C2=O)CC1. The Bertz CT molecular complexity index is 317. The summed E-state index contributed by atoms with van der Waals surface area (Å²) >= 11 is 0. The third-order valence-corrected chi connectivity index (χ3v) is 4.96. The molecule has 2 rings (SSSR count). The van der Waals surface area contributed by atoms with Gasteiger partial charge in [0.25, 0.3) is 0 Å². The number of rotatable bonds is 4. The molecule has 2 fully saturated rings. The molecular weight excluding hydrogens is 236 g/mol. The Labute approximate surface area is 118 Å². The largest absolute Gasteiger partial charge is 0.309 e. The lowest BCUT2D eigenvalue weighted by Crippen LogP contribution is -2.40. The Balaban J connectivity index is 1.76. The Morgan fingerprint density at radius 3 is 2.32 bits per heavy atom. The van der Waals surface area contributed by atoms with Crippen molar-refractivity contribution in [3.63, 3.8) is 0 Å². The number of carbonyl (C=O) groups is 1. The van der Waals surface area contributed by atoms with Crippen molar-refractivity contribution in [2.45, 2.75) is 39.5 Å². The van der Waals surface area contributed by atoms with Crippen molar-refractivity contribution < 1.29 is 4.79 Å². The maximum absolute atomic E-state index is 12.3. The predicted octanol–water partition coefficient (Wildman–Crippen LogP) is 2.27. The minimum atomic E-state index is -0.0616. The Hall–Kier alpha value is -0.410. The first-order valence-electron chi connectivity index (χ1n) is 7.80. The molecule has 0 aromatic heterocycles. The average molecular weight is 266 g/mol. The third-order valence-electron chi connectivity index (χ3n) is 4.96. The lowest BCUT2D eigenvalue weighted by Gasteiger charge is -2.34. The second-order valence-electron chi connectivity index (χ2n) is 7.49. The molecule has 0 spiro atoms. The van der Waals surface area contributed by atoms with Crippen LogP contribution < -0.4 is 0 Å². The molecule has 1 saturated carbocycles. The molecule has 0 aromatic carbocycles. The van der Waals surface area contributed by atoms with Gasteiger partial charge in [-0.3, -0.25) is 4.79 Å². The molecular formula is C16H30N2O. The summed E-state index contributed by atoms with van der Waals surface area (Å²) in [5, 5.41) is 0. The molecule has 3 heteroatoms. The van der Waals surface area contributed by atoms with Crippen molar-refractivity contribution in [3.8, 4) is 0 Å². The summed E-state index contributed by atoms with van der Waals surface area (Å²) in [5.41, 5.74) is -0.0616. The van der Waals surface area contributed by atoms with E-state index in [1.165, 1.54) is 32.5 Å². The van der Waals surface area contributed by atoms with Gasteiger partial charge < -0.3 is 9.80 Å². The number of ketones is 1. The zero-order valence-electron chi connectivity index (χ0n) is 13.1. The third kappa shape index (κ3) is 3.79. The van der Waals surface area contributed by atoms with Gasteiger partial charge in [-0.2, -0.15) is 0 Å². The Morgan fingerprint density at radius 2 is 1.84 bits per heavy atom. The fourth-order valence-electron chi connectivity index (χ4n) is 3.70. The normalized spacial score (nSPS) is 29.3. The first-order valence-corrected chi connectivity index (χ1v) is 7.80. The van der Waals surface area contributed by atoms with Crippen LogP contribution in [-0.2, 0) is 4.79 Å². The van der Waals surface area contributed by atoms with Gasteiger partial charge >= 0.3 is 0 Å². The second kappa shape index (κ2) is 5.92. The summed E-state index contributed by atoms with van der Waals surface area (Å²) < 4.78 is 0. The fourth-order valence-corrected chi connectivity index (χ4v) is 3.70. The molecule has 1 atom stereocenters. The monoisotopic (exact) mass is 266 g/mol. The van der Waals surface area contributed by atoms with Gasteiger partial charge in [0.1, 0.15) is 5.78 Å². The lowest BCUT2D eigenvalue weighted by atomic mass is 9.88. The van der Waals surface area contributed by atoms with Gasteiger partial charge in [0.15, 0.2) is 0 Å². The summed E-state index contributed by atoms with van der Waals surface area (Å²) in [6.45, 7) is 8.81. The van der Waals surface area contributed by atoms with Crippen LogP contribution in [0.25, 0.3) is 0 Å². The molecule has 19 heavy (non-hydrogen) atoms. The highest BCUT2D eigenvalue weighted by Gasteiger charge is 2.41. The maximum atomic E-state index is 12.3. The van der Waals surface area contributed by atoms with Crippen molar-refractivity contribution in [2.75, 3.05) is 40.3 Å². The van der Waals surface area contributed by atoms with E-state index in [9.17, 15) is 4.79 Å². The number of piperidine rings is 1. The van der Waals surface area contributed by atoms with Crippen molar-refractivity contribution >= 4 is 5.78 Å². The second-order valence-corrected chi connectivity index (χ2v) is 7.49. The van der Waals surface area contributed by atoms with Gasteiger partial charge in [-0.1, -0.05) is 13.8 Å². The number of nitrogens with zero attached hydrogens (tertiary/aromatic N) is 2. The molecule has 1 aliphatic heterocycles. The van der Waals surface area contributed by atoms with Crippen molar-refractivity contribution in [1.82, 2.24) is 9.80 Å². The van der Waals surface area contributed by atoms with E-state index >= 15 is 0 Å². The number of Topliss-reactive ketones (excluding diaryl/α,β-unsaturated/α-hetero) is 1. The van der Waals surface area contributed by atoms with Crippen LogP contribution in [0, 0.1) is 17.3 Å². The van der Waals surface area contributed by atoms with E-state index < -0.39 is 0 Å². The molecule has 0 bridgehead atoms. The van der Waals surface area contributed by atoms with Crippen LogP contribution in [0.5, 0.6) is 0 Å². The van der Waals surface area contributed by atoms with Crippen LogP contribution in [-0.4, -0.2) is 55.9 Å².